The Morgan fingerprint density at radius 1 is 0.600 bits per heavy atom. The van der Waals surface area contributed by atoms with E-state index in [9.17, 15) is 115 Å². The zero-order chi connectivity index (χ0) is 64.9. The van der Waals surface area contributed by atoms with Crippen LogP contribution < -0.4 is 43.0 Å². The first-order valence-electron chi connectivity index (χ1n) is 26.3. The Morgan fingerprint density at radius 3 is 1.53 bits per heavy atom. The van der Waals surface area contributed by atoms with Crippen molar-refractivity contribution in [3.05, 3.63) is 0 Å². The first kappa shape index (κ1) is 73.7. The maximum atomic E-state index is 14.4. The van der Waals surface area contributed by atoms with Gasteiger partial charge < -0.3 is 148 Å². The number of rotatable bonds is 30. The summed E-state index contributed by atoms with van der Waals surface area (Å²) in [4.78, 5) is 117. The number of aliphatic hydroxyl groups is 13. The second-order valence-corrected chi connectivity index (χ2v) is 20.6. The van der Waals surface area contributed by atoms with Crippen LogP contribution in [-0.2, 0) is 71.6 Å². The lowest BCUT2D eigenvalue weighted by molar-refractivity contribution is -0.383. The number of nitrogens with two attached hydrogens (primary N) is 1. The Balaban J connectivity index is 2.08. The number of aliphatic hydroxyl groups excluding tert-OH is 13. The molecular formula is C47H80N8O30. The van der Waals surface area contributed by atoms with Crippen molar-refractivity contribution in [1.82, 2.24) is 37.2 Å². The van der Waals surface area contributed by atoms with E-state index in [1.54, 1.807) is 0 Å². The van der Waals surface area contributed by atoms with E-state index in [0.717, 1.165) is 48.5 Å². The number of hydrogen-bond acceptors (Lipinski definition) is 29. The summed E-state index contributed by atoms with van der Waals surface area (Å²) in [6.45, 7) is 2.56. The number of aliphatic carboxylic acids is 2. The van der Waals surface area contributed by atoms with Crippen molar-refractivity contribution in [1.29, 1.82) is 0 Å². The van der Waals surface area contributed by atoms with E-state index in [4.69, 9.17) is 39.3 Å². The van der Waals surface area contributed by atoms with Crippen LogP contribution in [0.25, 0.3) is 0 Å². The summed E-state index contributed by atoms with van der Waals surface area (Å²) in [7, 11) is 0. The molecule has 3 aliphatic rings. The standard InChI is InChI=1S/C47H80N8O30/c1-13(59)25(48)39(73)52-27(15(3)61)42(76)55-29(43(77)54-28(16(4)62)41(75)53-26(14(2)60)40(74)49-9-24(67)68)17(5)80-44-31(51-19(7)64)34(71)36(23(12-58)82-44)83-45-35(72)38(33(70)22(11-57)81-45)85-47(46(78)79)8-20(65)30(50-18(6)63)37(84-47)32(69)21(66)10-56/h13-17,20-23,25-38,44-45,56-62,65-66,69-72H,8-12,48H2,1-7H3,(H,49,74)(H,50,63)(H,51,64)(H,52,73)(H,53,75)(H,54,77)(H,55,76)(H,67,68)(H,78,79)/t13-,14-,15-,16-,17-,20+,21-,22-,23-,25+,26+,27+,28+,29+,30-,31-,32-,33+,34-,35-,36-,37-,38+,44+,45+,47+/m1/s1. The monoisotopic (exact) mass is 1240 g/mol. The van der Waals surface area contributed by atoms with Gasteiger partial charge in [-0.2, -0.15) is 0 Å². The summed E-state index contributed by atoms with van der Waals surface area (Å²) < 4.78 is 34.7. The lowest BCUT2D eigenvalue weighted by Crippen LogP contribution is -2.71. The van der Waals surface area contributed by atoms with Gasteiger partial charge in [-0.05, 0) is 34.6 Å². The van der Waals surface area contributed by atoms with E-state index in [0.29, 0.717) is 0 Å². The van der Waals surface area contributed by atoms with E-state index < -0.39 is 244 Å². The van der Waals surface area contributed by atoms with Gasteiger partial charge in [-0.3, -0.25) is 38.4 Å². The minimum atomic E-state index is -3.23. The molecule has 0 aromatic rings. The number of carboxylic acid groups (broad SMARTS) is 2. The average molecular weight is 1240 g/mol. The number of carbonyl (C=O) groups excluding carboxylic acids is 7. The molecule has 0 saturated carbocycles. The van der Waals surface area contributed by atoms with Crippen LogP contribution in [0, 0.1) is 0 Å². The number of ether oxygens (including phenoxy) is 6. The summed E-state index contributed by atoms with van der Waals surface area (Å²) in [5.41, 5.74) is 5.71. The van der Waals surface area contributed by atoms with Gasteiger partial charge in [0, 0.05) is 20.3 Å². The highest BCUT2D eigenvalue weighted by Crippen LogP contribution is 2.38. The Hall–Kier alpha value is -5.57. The lowest BCUT2D eigenvalue weighted by Gasteiger charge is -2.51. The molecule has 3 rings (SSSR count). The van der Waals surface area contributed by atoms with Crippen molar-refractivity contribution in [2.45, 2.75) is 213 Å². The zero-order valence-corrected chi connectivity index (χ0v) is 46.9. The van der Waals surface area contributed by atoms with Crippen LogP contribution in [-0.4, -0.2) is 315 Å². The van der Waals surface area contributed by atoms with E-state index in [1.807, 2.05) is 5.32 Å². The molecule has 0 bridgehead atoms. The smallest absolute Gasteiger partial charge is 0.364 e. The molecule has 0 aliphatic carbocycles. The zero-order valence-electron chi connectivity index (χ0n) is 46.9. The molecular weight excluding hydrogens is 1160 g/mol. The van der Waals surface area contributed by atoms with Gasteiger partial charge in [-0.25, -0.2) is 4.79 Å². The molecule has 24 N–H and O–H groups in total. The lowest BCUT2D eigenvalue weighted by atomic mass is 9.88. The van der Waals surface area contributed by atoms with E-state index in [1.165, 1.54) is 0 Å². The topological polar surface area (TPSA) is 623 Å². The number of nitrogens with one attached hydrogen (secondary N) is 7. The van der Waals surface area contributed by atoms with Gasteiger partial charge in [0.05, 0.1) is 62.5 Å². The summed E-state index contributed by atoms with van der Waals surface area (Å²) in [6, 6.07) is -13.6. The van der Waals surface area contributed by atoms with Gasteiger partial charge in [-0.15, -0.1) is 0 Å². The van der Waals surface area contributed by atoms with Crippen molar-refractivity contribution in [3.8, 4) is 0 Å². The van der Waals surface area contributed by atoms with Crippen LogP contribution in [0.2, 0.25) is 0 Å². The molecule has 0 radical (unpaired) electrons. The van der Waals surface area contributed by atoms with Gasteiger partial charge in [-0.1, -0.05) is 0 Å². The maximum absolute atomic E-state index is 14.4. The third-order valence-corrected chi connectivity index (χ3v) is 13.7. The Kier molecular flexibility index (Phi) is 28.1. The van der Waals surface area contributed by atoms with Gasteiger partial charge in [0.25, 0.3) is 5.79 Å². The molecule has 85 heavy (non-hydrogen) atoms. The van der Waals surface area contributed by atoms with Crippen molar-refractivity contribution >= 4 is 53.3 Å². The summed E-state index contributed by atoms with van der Waals surface area (Å²) in [5, 5.41) is 174. The highest BCUT2D eigenvalue weighted by molar-refractivity contribution is 5.97. The summed E-state index contributed by atoms with van der Waals surface area (Å²) in [5.74, 6) is -15.4. The Bertz CT molecular complexity index is 2290. The number of carboxylic acids is 2. The van der Waals surface area contributed by atoms with Crippen molar-refractivity contribution in [3.63, 3.8) is 0 Å². The minimum absolute atomic E-state index is 0.845. The van der Waals surface area contributed by atoms with Gasteiger partial charge in [0.1, 0.15) is 104 Å². The highest BCUT2D eigenvalue weighted by atomic mass is 16.8. The molecule has 3 heterocycles. The van der Waals surface area contributed by atoms with Gasteiger partial charge in [0.15, 0.2) is 12.6 Å². The number of carbonyl (C=O) groups is 9. The quantitative estimate of drug-likeness (QED) is 0.0318. The number of hydrogen-bond donors (Lipinski definition) is 23. The van der Waals surface area contributed by atoms with Crippen molar-refractivity contribution < 1.29 is 148 Å². The van der Waals surface area contributed by atoms with Gasteiger partial charge in [0.2, 0.25) is 41.4 Å². The average Bonchev–Trinajstić information content (AvgIpc) is 2.80. The highest BCUT2D eigenvalue weighted by Gasteiger charge is 2.60. The summed E-state index contributed by atoms with van der Waals surface area (Å²) >= 11 is 0. The largest absolute Gasteiger partial charge is 0.480 e. The predicted octanol–water partition coefficient (Wildman–Crippen LogP) is -13.7. The van der Waals surface area contributed by atoms with Crippen LogP contribution in [0.3, 0.4) is 0 Å². The van der Waals surface area contributed by atoms with Gasteiger partial charge >= 0.3 is 11.9 Å². The maximum Gasteiger partial charge on any atom is 0.364 e. The molecule has 0 aromatic heterocycles. The molecule has 3 saturated heterocycles. The summed E-state index contributed by atoms with van der Waals surface area (Å²) in [6.07, 6.45) is -38.0. The fourth-order valence-corrected chi connectivity index (χ4v) is 9.04. The third kappa shape index (κ3) is 19.2. The number of amides is 7. The van der Waals surface area contributed by atoms with Crippen molar-refractivity contribution in [2.75, 3.05) is 26.4 Å². The molecule has 0 aromatic carbocycles. The first-order valence-corrected chi connectivity index (χ1v) is 26.3. The molecule has 38 heteroatoms. The van der Waals surface area contributed by atoms with E-state index >= 15 is 0 Å². The fraction of sp³-hybridized carbons (Fsp3) is 0.809. The van der Waals surface area contributed by atoms with Crippen molar-refractivity contribution in [2.24, 2.45) is 5.73 Å². The molecule has 3 fully saturated rings. The minimum Gasteiger partial charge on any atom is -0.480 e. The second kappa shape index (κ2) is 32.4. The molecule has 3 aliphatic heterocycles. The second-order valence-electron chi connectivity index (χ2n) is 20.6. The van der Waals surface area contributed by atoms with Crippen LogP contribution in [0.1, 0.15) is 54.9 Å². The van der Waals surface area contributed by atoms with Crippen LogP contribution in [0.4, 0.5) is 0 Å². The molecule has 38 nitrogen and oxygen atoms in total. The molecule has 0 spiro atoms. The molecule has 488 valence electrons. The van der Waals surface area contributed by atoms with E-state index in [2.05, 4.69) is 31.9 Å². The Labute approximate surface area is 483 Å². The Morgan fingerprint density at radius 2 is 1.07 bits per heavy atom. The first-order chi connectivity index (χ1) is 39.5. The molecule has 7 amide bonds. The van der Waals surface area contributed by atoms with E-state index in [-0.39, 0.29) is 0 Å². The molecule has 26 atom stereocenters. The van der Waals surface area contributed by atoms with Crippen LogP contribution in [0.5, 0.6) is 0 Å². The molecule has 0 unspecified atom stereocenters. The third-order valence-electron chi connectivity index (χ3n) is 13.7. The van der Waals surface area contributed by atoms with Crippen LogP contribution in [0.15, 0.2) is 0 Å². The predicted molar refractivity (Wildman–Crippen MR) is 273 cm³/mol. The van der Waals surface area contributed by atoms with Crippen LogP contribution >= 0.6 is 0 Å². The SMILES string of the molecule is CC(=O)N[C@H]1[C@@H](O[C@H](C)[C@H](NC(=O)[C@@H](NC(=O)[C@@H](N)[C@@H](C)O)[C@@H](C)O)C(=O)N[C@H](C(=O)N[C@H](C(=O)NCC(=O)O)[C@@H](C)O)[C@@H](C)O)O[C@H](CO)[C@@H](O[C@@H]2O[C@H](CO)[C@H](O)[C@H](O[C@]3(C(=O)O)C[C@H](O)[C@@H](NC(C)=O)[C@H]([C@H](O)[C@H](O)CO)O3)[C@H]2O)[C@@H]1O. The fourth-order valence-electron chi connectivity index (χ4n) is 9.04. The normalized spacial score (nSPS) is 32.1.